The fourth-order valence-corrected chi connectivity index (χ4v) is 3.99. The maximum Gasteiger partial charge on any atom is 0.0314 e. The summed E-state index contributed by atoms with van der Waals surface area (Å²) >= 11 is 9.06. The van der Waals surface area contributed by atoms with Crippen LogP contribution in [0.25, 0.3) is 0 Å². The van der Waals surface area contributed by atoms with Gasteiger partial charge in [-0.15, -0.1) is 11.3 Å². The summed E-state index contributed by atoms with van der Waals surface area (Å²) in [6.07, 6.45) is 1.09. The molecule has 0 spiro atoms. The number of alkyl halides is 1. The van der Waals surface area contributed by atoms with Crippen LogP contribution < -0.4 is 0 Å². The molecule has 0 saturated carbocycles. The van der Waals surface area contributed by atoms with Crippen molar-refractivity contribution in [1.29, 1.82) is 0 Å². The number of thiophene rings is 1. The maximum absolute atomic E-state index is 3.63. The van der Waals surface area contributed by atoms with Crippen LogP contribution in [0, 0.1) is 6.92 Å². The van der Waals surface area contributed by atoms with Gasteiger partial charge < -0.3 is 0 Å². The van der Waals surface area contributed by atoms with Gasteiger partial charge in [-0.2, -0.15) is 0 Å². The lowest BCUT2D eigenvalue weighted by Crippen LogP contribution is -2.03. The Bertz CT molecular complexity index is 473. The molecule has 0 fully saturated rings. The smallest absolute Gasteiger partial charge is 0.0314 e. The molecular formula is C14H14Br2S. The van der Waals surface area contributed by atoms with Gasteiger partial charge >= 0.3 is 0 Å². The molecule has 3 heteroatoms. The zero-order valence-corrected chi connectivity index (χ0v) is 13.6. The highest BCUT2D eigenvalue weighted by Crippen LogP contribution is 2.30. The number of halogens is 2. The van der Waals surface area contributed by atoms with Crippen molar-refractivity contribution in [2.45, 2.75) is 19.3 Å². The van der Waals surface area contributed by atoms with Gasteiger partial charge in [0, 0.05) is 14.7 Å². The van der Waals surface area contributed by atoms with Gasteiger partial charge in [-0.3, -0.25) is 0 Å². The fraction of sp³-hybridized carbons (Fsp3) is 0.286. The normalized spacial score (nSPS) is 12.6. The van der Waals surface area contributed by atoms with E-state index in [0.29, 0.717) is 5.92 Å². The SMILES string of the molecule is Cc1ccc(C(CBr)Cc2sccc2Br)cc1. The molecule has 0 nitrogen and oxygen atoms in total. The van der Waals surface area contributed by atoms with E-state index in [1.54, 1.807) is 0 Å². The van der Waals surface area contributed by atoms with E-state index in [0.717, 1.165) is 11.8 Å². The van der Waals surface area contributed by atoms with Crippen LogP contribution in [0.3, 0.4) is 0 Å². The molecule has 0 saturated heterocycles. The number of benzene rings is 1. The summed E-state index contributed by atoms with van der Waals surface area (Å²) in [6.45, 7) is 2.13. The summed E-state index contributed by atoms with van der Waals surface area (Å²) in [4.78, 5) is 1.43. The Morgan fingerprint density at radius 2 is 1.88 bits per heavy atom. The second-order valence-electron chi connectivity index (χ2n) is 4.16. The van der Waals surface area contributed by atoms with Gasteiger partial charge in [-0.1, -0.05) is 45.8 Å². The van der Waals surface area contributed by atoms with Gasteiger partial charge in [0.05, 0.1) is 0 Å². The van der Waals surface area contributed by atoms with Crippen LogP contribution in [0.1, 0.15) is 21.9 Å². The summed E-state index contributed by atoms with van der Waals surface area (Å²) in [5, 5.41) is 3.14. The van der Waals surface area contributed by atoms with Crippen molar-refractivity contribution in [2.24, 2.45) is 0 Å². The molecule has 2 aromatic rings. The lowest BCUT2D eigenvalue weighted by Gasteiger charge is -2.14. The van der Waals surface area contributed by atoms with Crippen molar-refractivity contribution in [3.63, 3.8) is 0 Å². The van der Waals surface area contributed by atoms with E-state index in [1.165, 1.54) is 20.5 Å². The van der Waals surface area contributed by atoms with Crippen LogP contribution in [0.2, 0.25) is 0 Å². The largest absolute Gasteiger partial charge is 0.148 e. The molecule has 17 heavy (non-hydrogen) atoms. The van der Waals surface area contributed by atoms with Gasteiger partial charge in [0.1, 0.15) is 0 Å². The molecule has 0 aliphatic heterocycles. The second kappa shape index (κ2) is 6.17. The van der Waals surface area contributed by atoms with E-state index in [-0.39, 0.29) is 0 Å². The van der Waals surface area contributed by atoms with Crippen LogP contribution in [-0.4, -0.2) is 5.33 Å². The van der Waals surface area contributed by atoms with E-state index in [2.05, 4.69) is 74.5 Å². The van der Waals surface area contributed by atoms with Gasteiger partial charge in [0.15, 0.2) is 0 Å². The highest BCUT2D eigenvalue weighted by Gasteiger charge is 2.13. The highest BCUT2D eigenvalue weighted by molar-refractivity contribution is 9.10. The minimum atomic E-state index is 0.547. The van der Waals surface area contributed by atoms with Crippen molar-refractivity contribution in [3.8, 4) is 0 Å². The molecule has 0 amide bonds. The Balaban J connectivity index is 2.17. The molecular weight excluding hydrogens is 360 g/mol. The van der Waals surface area contributed by atoms with Gasteiger partial charge in [-0.25, -0.2) is 0 Å². The molecule has 1 heterocycles. The summed E-state index contributed by atoms with van der Waals surface area (Å²) in [5.41, 5.74) is 2.73. The molecule has 0 aliphatic rings. The average Bonchev–Trinajstić information content (AvgIpc) is 2.73. The monoisotopic (exact) mass is 372 g/mol. The third-order valence-corrected chi connectivity index (χ3v) is 5.59. The first-order chi connectivity index (χ1) is 8.20. The van der Waals surface area contributed by atoms with E-state index < -0.39 is 0 Å². The minimum absolute atomic E-state index is 0.547. The first-order valence-electron chi connectivity index (χ1n) is 5.55. The predicted molar refractivity (Wildman–Crippen MR) is 83.4 cm³/mol. The molecule has 0 N–H and O–H groups in total. The van der Waals surface area contributed by atoms with Crippen LogP contribution in [-0.2, 0) is 6.42 Å². The third kappa shape index (κ3) is 3.43. The highest BCUT2D eigenvalue weighted by atomic mass is 79.9. The Morgan fingerprint density at radius 1 is 1.18 bits per heavy atom. The van der Waals surface area contributed by atoms with Crippen LogP contribution >= 0.6 is 43.2 Å². The van der Waals surface area contributed by atoms with Gasteiger partial charge in [-0.05, 0) is 52.2 Å². The minimum Gasteiger partial charge on any atom is -0.148 e. The van der Waals surface area contributed by atoms with Gasteiger partial charge in [0.25, 0.3) is 0 Å². The quantitative estimate of drug-likeness (QED) is 0.617. The number of hydrogen-bond acceptors (Lipinski definition) is 1. The van der Waals surface area contributed by atoms with E-state index >= 15 is 0 Å². The summed E-state index contributed by atoms with van der Waals surface area (Å²) in [5.74, 6) is 0.547. The van der Waals surface area contributed by atoms with E-state index in [4.69, 9.17) is 0 Å². The Hall–Kier alpha value is -0.120. The van der Waals surface area contributed by atoms with Crippen LogP contribution in [0.15, 0.2) is 40.2 Å². The average molecular weight is 374 g/mol. The summed E-state index contributed by atoms with van der Waals surface area (Å²) in [6, 6.07) is 11.0. The molecule has 90 valence electrons. The predicted octanol–water partition coefficient (Wildman–Crippen LogP) is 5.54. The van der Waals surface area contributed by atoms with Crippen molar-refractivity contribution < 1.29 is 0 Å². The molecule has 1 atom stereocenters. The lowest BCUT2D eigenvalue weighted by atomic mass is 9.96. The zero-order chi connectivity index (χ0) is 12.3. The second-order valence-corrected chi connectivity index (χ2v) is 6.66. The molecule has 1 aromatic carbocycles. The molecule has 0 aliphatic carbocycles. The third-order valence-electron chi connectivity index (χ3n) is 2.86. The standard InChI is InChI=1S/C14H14Br2S/c1-10-2-4-11(5-3-10)12(9-15)8-14-13(16)6-7-17-14/h2-7,12H,8-9H2,1H3. The van der Waals surface area contributed by atoms with Gasteiger partial charge in [0.2, 0.25) is 0 Å². The molecule has 1 aromatic heterocycles. The number of hydrogen-bond donors (Lipinski definition) is 0. The number of rotatable bonds is 4. The first kappa shape index (κ1) is 13.3. The fourth-order valence-electron chi connectivity index (χ4n) is 1.79. The molecule has 0 bridgehead atoms. The first-order valence-corrected chi connectivity index (χ1v) is 8.34. The van der Waals surface area contributed by atoms with Crippen molar-refractivity contribution in [1.82, 2.24) is 0 Å². The van der Waals surface area contributed by atoms with E-state index in [9.17, 15) is 0 Å². The molecule has 2 rings (SSSR count). The lowest BCUT2D eigenvalue weighted by molar-refractivity contribution is 0.783. The van der Waals surface area contributed by atoms with E-state index in [1.807, 2.05) is 11.3 Å². The zero-order valence-electron chi connectivity index (χ0n) is 9.62. The van der Waals surface area contributed by atoms with Crippen LogP contribution in [0.5, 0.6) is 0 Å². The van der Waals surface area contributed by atoms with Crippen LogP contribution in [0.4, 0.5) is 0 Å². The Morgan fingerprint density at radius 3 is 2.41 bits per heavy atom. The Kier molecular flexibility index (Phi) is 4.83. The maximum atomic E-state index is 3.63. The number of aryl methyl sites for hydroxylation is 1. The molecule has 0 radical (unpaired) electrons. The Labute approximate surface area is 123 Å². The van der Waals surface area contributed by atoms with Crippen molar-refractivity contribution in [3.05, 3.63) is 56.2 Å². The molecule has 1 unspecified atom stereocenters. The van der Waals surface area contributed by atoms with Crippen molar-refractivity contribution >= 4 is 43.2 Å². The van der Waals surface area contributed by atoms with Crippen molar-refractivity contribution in [2.75, 3.05) is 5.33 Å². The summed E-state index contributed by atoms with van der Waals surface area (Å²) in [7, 11) is 0. The summed E-state index contributed by atoms with van der Waals surface area (Å²) < 4.78 is 1.24. The topological polar surface area (TPSA) is 0 Å².